The summed E-state index contributed by atoms with van der Waals surface area (Å²) in [6, 6.07) is 15.7. The summed E-state index contributed by atoms with van der Waals surface area (Å²) in [6.45, 7) is 2.62. The van der Waals surface area contributed by atoms with E-state index in [1.807, 2.05) is 60.8 Å². The Hall–Kier alpha value is -2.70. The van der Waals surface area contributed by atoms with Gasteiger partial charge in [0, 0.05) is 16.5 Å². The molecule has 0 spiro atoms. The van der Waals surface area contributed by atoms with Crippen molar-refractivity contribution in [2.45, 2.75) is 20.0 Å². The second kappa shape index (κ2) is 9.12. The molecule has 5 nitrogen and oxygen atoms in total. The topological polar surface area (TPSA) is 66.7 Å². The molecule has 1 heterocycles. The van der Waals surface area contributed by atoms with Gasteiger partial charge in [0.25, 0.3) is 0 Å². The first kappa shape index (κ1) is 18.1. The second-order valence-electron chi connectivity index (χ2n) is 5.65. The van der Waals surface area contributed by atoms with Gasteiger partial charge < -0.3 is 9.84 Å². The average Bonchev–Trinajstić information content (AvgIpc) is 3.16. The Morgan fingerprint density at radius 1 is 1.23 bits per heavy atom. The van der Waals surface area contributed by atoms with Crippen molar-refractivity contribution in [3.63, 3.8) is 0 Å². The quantitative estimate of drug-likeness (QED) is 0.453. The van der Waals surface area contributed by atoms with E-state index in [4.69, 9.17) is 4.74 Å². The molecule has 2 aromatic carbocycles. The number of nitrogens with one attached hydrogen (secondary N) is 1. The van der Waals surface area contributed by atoms with Crippen LogP contribution < -0.4 is 10.2 Å². The summed E-state index contributed by atoms with van der Waals surface area (Å²) in [4.78, 5) is 4.53. The van der Waals surface area contributed by atoms with E-state index in [-0.39, 0.29) is 6.61 Å². The molecule has 0 radical (unpaired) electrons. The molecule has 3 rings (SSSR count). The highest BCUT2D eigenvalue weighted by molar-refractivity contribution is 7.14. The lowest BCUT2D eigenvalue weighted by molar-refractivity contribution is 0.263. The Bertz CT molecular complexity index is 863. The molecule has 0 saturated heterocycles. The molecule has 0 atom stereocenters. The zero-order chi connectivity index (χ0) is 18.2. The van der Waals surface area contributed by atoms with Crippen LogP contribution in [-0.4, -0.2) is 22.9 Å². The Morgan fingerprint density at radius 2 is 2.08 bits per heavy atom. The average molecular weight is 367 g/mol. The molecule has 0 unspecified atom stereocenters. The van der Waals surface area contributed by atoms with Crippen molar-refractivity contribution < 1.29 is 9.84 Å². The summed E-state index contributed by atoms with van der Waals surface area (Å²) >= 11 is 1.50. The lowest BCUT2D eigenvalue weighted by Gasteiger charge is -2.09. The number of nitrogens with zero attached hydrogens (tertiary/aromatic N) is 2. The summed E-state index contributed by atoms with van der Waals surface area (Å²) < 4.78 is 5.62. The van der Waals surface area contributed by atoms with Crippen LogP contribution in [-0.2, 0) is 6.61 Å². The normalized spacial score (nSPS) is 11.0. The van der Waals surface area contributed by atoms with Crippen LogP contribution in [0.3, 0.4) is 0 Å². The van der Waals surface area contributed by atoms with E-state index in [0.29, 0.717) is 12.4 Å². The minimum absolute atomic E-state index is 0.0684. The van der Waals surface area contributed by atoms with Gasteiger partial charge in [-0.25, -0.2) is 4.98 Å². The largest absolute Gasteiger partial charge is 0.493 e. The summed E-state index contributed by atoms with van der Waals surface area (Å²) in [5.74, 6) is 0.715. The zero-order valence-corrected chi connectivity index (χ0v) is 15.4. The summed E-state index contributed by atoms with van der Waals surface area (Å²) in [5, 5.41) is 16.5. The molecule has 0 amide bonds. The highest BCUT2D eigenvalue weighted by Crippen LogP contribution is 2.24. The predicted molar refractivity (Wildman–Crippen MR) is 107 cm³/mol. The second-order valence-corrected chi connectivity index (χ2v) is 6.51. The number of benzene rings is 2. The van der Waals surface area contributed by atoms with Gasteiger partial charge >= 0.3 is 0 Å². The lowest BCUT2D eigenvalue weighted by Crippen LogP contribution is -2.00. The van der Waals surface area contributed by atoms with Gasteiger partial charge in [0.15, 0.2) is 0 Å². The van der Waals surface area contributed by atoms with Crippen molar-refractivity contribution >= 4 is 22.7 Å². The minimum Gasteiger partial charge on any atom is -0.493 e. The molecule has 3 aromatic rings. The van der Waals surface area contributed by atoms with Crippen LogP contribution in [0.1, 0.15) is 24.5 Å². The van der Waals surface area contributed by atoms with Crippen LogP contribution in [0.5, 0.6) is 5.75 Å². The molecule has 6 heteroatoms. The SMILES string of the molecule is CCCOc1ccc(C=NNc2nc(-c3ccccc3)cs2)cc1CO. The molecule has 134 valence electrons. The first-order valence-corrected chi connectivity index (χ1v) is 9.34. The fourth-order valence-corrected chi connectivity index (χ4v) is 3.05. The zero-order valence-electron chi connectivity index (χ0n) is 14.6. The van der Waals surface area contributed by atoms with Crippen molar-refractivity contribution in [1.82, 2.24) is 4.98 Å². The molecular formula is C20H21N3O2S. The Kier molecular flexibility index (Phi) is 6.35. The molecule has 0 bridgehead atoms. The fraction of sp³-hybridized carbons (Fsp3) is 0.200. The molecule has 1 aromatic heterocycles. The molecule has 0 aliphatic rings. The molecule has 0 saturated carbocycles. The molecule has 0 aliphatic carbocycles. The number of ether oxygens (including phenoxy) is 1. The molecule has 26 heavy (non-hydrogen) atoms. The van der Waals surface area contributed by atoms with Crippen molar-refractivity contribution in [2.24, 2.45) is 5.10 Å². The van der Waals surface area contributed by atoms with Crippen LogP contribution in [0.15, 0.2) is 59.0 Å². The van der Waals surface area contributed by atoms with E-state index in [2.05, 4.69) is 15.5 Å². The van der Waals surface area contributed by atoms with Gasteiger partial charge in [-0.05, 0) is 30.2 Å². The summed E-state index contributed by atoms with van der Waals surface area (Å²) in [7, 11) is 0. The van der Waals surface area contributed by atoms with Gasteiger partial charge in [-0.3, -0.25) is 5.43 Å². The van der Waals surface area contributed by atoms with Crippen LogP contribution in [0.2, 0.25) is 0 Å². The predicted octanol–water partition coefficient (Wildman–Crippen LogP) is 4.54. The van der Waals surface area contributed by atoms with E-state index in [0.717, 1.165) is 33.9 Å². The minimum atomic E-state index is -0.0684. The van der Waals surface area contributed by atoms with Crippen molar-refractivity contribution in [2.75, 3.05) is 12.0 Å². The maximum Gasteiger partial charge on any atom is 0.203 e. The number of aromatic nitrogens is 1. The molecular weight excluding hydrogens is 346 g/mol. The molecule has 0 fully saturated rings. The lowest BCUT2D eigenvalue weighted by atomic mass is 10.1. The Morgan fingerprint density at radius 3 is 2.85 bits per heavy atom. The van der Waals surface area contributed by atoms with E-state index >= 15 is 0 Å². The smallest absolute Gasteiger partial charge is 0.203 e. The van der Waals surface area contributed by atoms with Gasteiger partial charge in [-0.2, -0.15) is 5.10 Å². The maximum atomic E-state index is 9.51. The third-order valence-electron chi connectivity index (χ3n) is 3.66. The van der Waals surface area contributed by atoms with Gasteiger partial charge in [0.2, 0.25) is 5.13 Å². The maximum absolute atomic E-state index is 9.51. The number of anilines is 1. The van der Waals surface area contributed by atoms with Gasteiger partial charge in [-0.1, -0.05) is 37.3 Å². The molecule has 0 aliphatic heterocycles. The number of aliphatic hydroxyl groups is 1. The highest BCUT2D eigenvalue weighted by atomic mass is 32.1. The number of aliphatic hydroxyl groups excluding tert-OH is 1. The van der Waals surface area contributed by atoms with Crippen LogP contribution >= 0.6 is 11.3 Å². The van der Waals surface area contributed by atoms with Crippen LogP contribution in [0.4, 0.5) is 5.13 Å². The van der Waals surface area contributed by atoms with E-state index in [1.54, 1.807) is 6.21 Å². The third kappa shape index (κ3) is 4.68. The number of rotatable bonds is 8. The van der Waals surface area contributed by atoms with E-state index in [9.17, 15) is 5.11 Å². The van der Waals surface area contributed by atoms with Crippen molar-refractivity contribution in [3.8, 4) is 17.0 Å². The Labute approximate surface area is 157 Å². The summed E-state index contributed by atoms with van der Waals surface area (Å²) in [5.41, 5.74) is 6.59. The summed E-state index contributed by atoms with van der Waals surface area (Å²) in [6.07, 6.45) is 2.63. The van der Waals surface area contributed by atoms with Crippen LogP contribution in [0, 0.1) is 0 Å². The third-order valence-corrected chi connectivity index (χ3v) is 4.41. The first-order chi connectivity index (χ1) is 12.8. The molecule has 2 N–H and O–H groups in total. The Balaban J connectivity index is 1.64. The number of hydrogen-bond acceptors (Lipinski definition) is 6. The van der Waals surface area contributed by atoms with Gasteiger partial charge in [0.1, 0.15) is 5.75 Å². The van der Waals surface area contributed by atoms with E-state index in [1.165, 1.54) is 11.3 Å². The number of hydrogen-bond donors (Lipinski definition) is 2. The van der Waals surface area contributed by atoms with Crippen LogP contribution in [0.25, 0.3) is 11.3 Å². The van der Waals surface area contributed by atoms with E-state index < -0.39 is 0 Å². The van der Waals surface area contributed by atoms with Gasteiger partial charge in [-0.15, -0.1) is 11.3 Å². The first-order valence-electron chi connectivity index (χ1n) is 8.46. The number of hydrazone groups is 1. The fourth-order valence-electron chi connectivity index (χ4n) is 2.38. The number of thiazole rings is 1. The standard InChI is InChI=1S/C20H21N3O2S/c1-2-10-25-19-9-8-15(11-17(19)13-24)12-21-23-20-22-18(14-26-20)16-6-4-3-5-7-16/h3-9,11-12,14,24H,2,10,13H2,1H3,(H,22,23). The van der Waals surface area contributed by atoms with Crippen molar-refractivity contribution in [1.29, 1.82) is 0 Å². The highest BCUT2D eigenvalue weighted by Gasteiger charge is 2.05. The van der Waals surface area contributed by atoms with Gasteiger partial charge in [0.05, 0.1) is 25.1 Å². The van der Waals surface area contributed by atoms with Crippen molar-refractivity contribution in [3.05, 3.63) is 65.0 Å². The monoisotopic (exact) mass is 367 g/mol.